The van der Waals surface area contributed by atoms with Gasteiger partial charge in [0.2, 0.25) is 0 Å². The molecule has 0 heterocycles. The highest BCUT2D eigenvalue weighted by molar-refractivity contribution is 9.13. The first-order valence-corrected chi connectivity index (χ1v) is 7.01. The van der Waals surface area contributed by atoms with E-state index >= 15 is 0 Å². The summed E-state index contributed by atoms with van der Waals surface area (Å²) in [6.45, 7) is 0. The Labute approximate surface area is 120 Å². The molecule has 1 nitrogen and oxygen atoms in total. The first-order chi connectivity index (χ1) is 7.66. The summed E-state index contributed by atoms with van der Waals surface area (Å²) in [5.41, 5.74) is 2.10. The Hall–Kier alpha value is -0.320. The first-order valence-electron chi connectivity index (χ1n) is 4.63. The van der Waals surface area contributed by atoms with Crippen molar-refractivity contribution in [2.45, 2.75) is 0 Å². The fourth-order valence-electron chi connectivity index (χ4n) is 1.30. The third-order valence-corrected chi connectivity index (χ3v) is 4.56. The first kappa shape index (κ1) is 12.1. The summed E-state index contributed by atoms with van der Waals surface area (Å²) in [6, 6.07) is 14.1. The Bertz CT molecular complexity index is 497. The fraction of sp³-hybridized carbons (Fsp3) is 0. The molecule has 16 heavy (non-hydrogen) atoms. The average molecular weight is 406 g/mol. The van der Waals surface area contributed by atoms with Crippen LogP contribution in [0.5, 0.6) is 0 Å². The molecule has 0 amide bonds. The molecule has 82 valence electrons. The zero-order valence-corrected chi connectivity index (χ0v) is 12.9. The number of nitrogens with one attached hydrogen (secondary N) is 1. The van der Waals surface area contributed by atoms with E-state index < -0.39 is 0 Å². The summed E-state index contributed by atoms with van der Waals surface area (Å²) in [4.78, 5) is 0. The molecule has 0 atom stereocenters. The summed E-state index contributed by atoms with van der Waals surface area (Å²) in [7, 11) is 0. The third-order valence-electron chi connectivity index (χ3n) is 2.06. The van der Waals surface area contributed by atoms with Crippen LogP contribution in [0.2, 0.25) is 0 Å². The lowest BCUT2D eigenvalue weighted by Crippen LogP contribution is -1.91. The number of hydrogen-bond acceptors (Lipinski definition) is 1. The van der Waals surface area contributed by atoms with Gasteiger partial charge < -0.3 is 5.32 Å². The molecular weight excluding hydrogens is 398 g/mol. The van der Waals surface area contributed by atoms with Crippen molar-refractivity contribution >= 4 is 59.2 Å². The Kier molecular flexibility index (Phi) is 4.05. The van der Waals surface area contributed by atoms with Crippen molar-refractivity contribution in [1.29, 1.82) is 0 Å². The van der Waals surface area contributed by atoms with Crippen LogP contribution in [0.3, 0.4) is 0 Å². The van der Waals surface area contributed by atoms with Crippen LogP contribution in [0.25, 0.3) is 0 Å². The minimum atomic E-state index is 1.02. The van der Waals surface area contributed by atoms with E-state index in [0.717, 1.165) is 24.8 Å². The maximum Gasteiger partial charge on any atom is 0.0540 e. The monoisotopic (exact) mass is 403 g/mol. The molecule has 4 heteroatoms. The second-order valence-corrected chi connectivity index (χ2v) is 5.80. The summed E-state index contributed by atoms with van der Waals surface area (Å²) in [5, 5.41) is 3.34. The van der Waals surface area contributed by atoms with Gasteiger partial charge in [0.1, 0.15) is 0 Å². The molecule has 0 unspecified atom stereocenters. The smallest absolute Gasteiger partial charge is 0.0540 e. The third kappa shape index (κ3) is 2.87. The Morgan fingerprint density at radius 1 is 0.750 bits per heavy atom. The molecule has 0 radical (unpaired) electrons. The van der Waals surface area contributed by atoms with Gasteiger partial charge in [0.15, 0.2) is 0 Å². The fourth-order valence-corrected chi connectivity index (χ4v) is 2.73. The molecule has 0 aliphatic carbocycles. The van der Waals surface area contributed by atoms with E-state index in [-0.39, 0.29) is 0 Å². The van der Waals surface area contributed by atoms with Crippen molar-refractivity contribution in [2.24, 2.45) is 0 Å². The lowest BCUT2D eigenvalue weighted by molar-refractivity contribution is 1.48. The van der Waals surface area contributed by atoms with Crippen LogP contribution < -0.4 is 5.32 Å². The van der Waals surface area contributed by atoms with Gasteiger partial charge in [-0.15, -0.1) is 0 Å². The Balaban J connectivity index is 2.32. The minimum Gasteiger partial charge on any atom is -0.355 e. The highest BCUT2D eigenvalue weighted by Crippen LogP contribution is 2.34. The number of rotatable bonds is 2. The van der Waals surface area contributed by atoms with Gasteiger partial charge in [-0.05, 0) is 72.1 Å². The van der Waals surface area contributed by atoms with E-state index in [0.29, 0.717) is 0 Å². The molecule has 0 bridgehead atoms. The lowest BCUT2D eigenvalue weighted by Gasteiger charge is -2.10. The van der Waals surface area contributed by atoms with Crippen LogP contribution in [0.15, 0.2) is 55.9 Å². The molecular formula is C12H8Br3N. The van der Waals surface area contributed by atoms with E-state index in [1.54, 1.807) is 0 Å². The molecule has 2 aromatic carbocycles. The average Bonchev–Trinajstić information content (AvgIpc) is 2.27. The van der Waals surface area contributed by atoms with Gasteiger partial charge >= 0.3 is 0 Å². The summed E-state index contributed by atoms with van der Waals surface area (Å²) >= 11 is 10.5. The normalized spacial score (nSPS) is 10.2. The summed E-state index contributed by atoms with van der Waals surface area (Å²) < 4.78 is 3.07. The molecule has 0 spiro atoms. The summed E-state index contributed by atoms with van der Waals surface area (Å²) in [6.07, 6.45) is 0. The van der Waals surface area contributed by atoms with Crippen molar-refractivity contribution in [3.8, 4) is 0 Å². The molecule has 0 aliphatic rings. The van der Waals surface area contributed by atoms with E-state index in [9.17, 15) is 0 Å². The maximum absolute atomic E-state index is 3.53. The molecule has 2 aromatic rings. The van der Waals surface area contributed by atoms with E-state index in [2.05, 4.69) is 53.1 Å². The number of hydrogen-bond donors (Lipinski definition) is 1. The van der Waals surface area contributed by atoms with Crippen molar-refractivity contribution in [3.63, 3.8) is 0 Å². The van der Waals surface area contributed by atoms with Crippen molar-refractivity contribution < 1.29 is 0 Å². The largest absolute Gasteiger partial charge is 0.355 e. The number of benzene rings is 2. The van der Waals surface area contributed by atoms with Crippen LogP contribution in [0, 0.1) is 0 Å². The van der Waals surface area contributed by atoms with Gasteiger partial charge in [-0.2, -0.15) is 0 Å². The SMILES string of the molecule is Brc1cc(Br)c(Nc2ccccc2)cc1Br. The topological polar surface area (TPSA) is 12.0 Å². The number of para-hydroxylation sites is 1. The molecule has 0 saturated carbocycles. The van der Waals surface area contributed by atoms with Crippen LogP contribution in [0.1, 0.15) is 0 Å². The second-order valence-electron chi connectivity index (χ2n) is 3.24. The van der Waals surface area contributed by atoms with Gasteiger partial charge in [-0.1, -0.05) is 18.2 Å². The Morgan fingerprint density at radius 2 is 1.38 bits per heavy atom. The predicted octanol–water partition coefficient (Wildman–Crippen LogP) is 5.72. The van der Waals surface area contributed by atoms with Crippen molar-refractivity contribution in [1.82, 2.24) is 0 Å². The van der Waals surface area contributed by atoms with Gasteiger partial charge in [0, 0.05) is 19.1 Å². The predicted molar refractivity (Wildman–Crippen MR) is 79.3 cm³/mol. The van der Waals surface area contributed by atoms with Gasteiger partial charge in [-0.25, -0.2) is 0 Å². The molecule has 2 rings (SSSR count). The molecule has 1 N–H and O–H groups in total. The molecule has 0 fully saturated rings. The van der Waals surface area contributed by atoms with Crippen molar-refractivity contribution in [2.75, 3.05) is 5.32 Å². The van der Waals surface area contributed by atoms with E-state index in [4.69, 9.17) is 0 Å². The van der Waals surface area contributed by atoms with Crippen LogP contribution in [-0.2, 0) is 0 Å². The Morgan fingerprint density at radius 3 is 2.06 bits per heavy atom. The molecule has 0 aliphatic heterocycles. The van der Waals surface area contributed by atoms with Crippen molar-refractivity contribution in [3.05, 3.63) is 55.9 Å². The van der Waals surface area contributed by atoms with Crippen LogP contribution in [-0.4, -0.2) is 0 Å². The molecule has 0 aromatic heterocycles. The highest BCUT2D eigenvalue weighted by atomic mass is 79.9. The maximum atomic E-state index is 3.53. The van der Waals surface area contributed by atoms with Gasteiger partial charge in [0.25, 0.3) is 0 Å². The van der Waals surface area contributed by atoms with Crippen LogP contribution >= 0.6 is 47.8 Å². The van der Waals surface area contributed by atoms with E-state index in [1.807, 2.05) is 42.5 Å². The number of halogens is 3. The van der Waals surface area contributed by atoms with E-state index in [1.165, 1.54) is 0 Å². The quantitative estimate of drug-likeness (QED) is 0.630. The molecule has 0 saturated heterocycles. The summed E-state index contributed by atoms with van der Waals surface area (Å²) in [5.74, 6) is 0. The zero-order chi connectivity index (χ0) is 11.5. The second kappa shape index (κ2) is 5.34. The minimum absolute atomic E-state index is 1.02. The van der Waals surface area contributed by atoms with Gasteiger partial charge in [-0.3, -0.25) is 0 Å². The van der Waals surface area contributed by atoms with Crippen LogP contribution in [0.4, 0.5) is 11.4 Å². The standard InChI is InChI=1S/C12H8Br3N/c13-9-6-11(15)12(7-10(9)14)16-8-4-2-1-3-5-8/h1-7,16H. The highest BCUT2D eigenvalue weighted by Gasteiger charge is 2.04. The zero-order valence-electron chi connectivity index (χ0n) is 8.18. The lowest BCUT2D eigenvalue weighted by atomic mass is 10.3. The van der Waals surface area contributed by atoms with Gasteiger partial charge in [0.05, 0.1) is 5.69 Å². The number of anilines is 2.